The zero-order valence-corrected chi connectivity index (χ0v) is 12.2. The van der Waals surface area contributed by atoms with Crippen LogP contribution in [-0.2, 0) is 4.79 Å². The first-order valence-electron chi connectivity index (χ1n) is 6.83. The number of carbonyl (C=O) groups excluding carboxylic acids is 1. The first kappa shape index (κ1) is 16.2. The second kappa shape index (κ2) is 7.52. The van der Waals surface area contributed by atoms with E-state index in [9.17, 15) is 4.79 Å². The maximum absolute atomic E-state index is 12.4. The fraction of sp³-hybridized carbons (Fsp3) is 0.800. The summed E-state index contributed by atoms with van der Waals surface area (Å²) in [6, 6.07) is 0.254. The molecule has 1 unspecified atom stereocenters. The van der Waals surface area contributed by atoms with Gasteiger partial charge in [-0.25, -0.2) is 0 Å². The smallest absolute Gasteiger partial charge is 0.226 e. The summed E-state index contributed by atoms with van der Waals surface area (Å²) in [4.78, 5) is 12.4. The quantitative estimate of drug-likeness (QED) is 0.639. The summed E-state index contributed by atoms with van der Waals surface area (Å²) in [5, 5.41) is 3.15. The first-order valence-corrected chi connectivity index (χ1v) is 6.83. The molecule has 0 aliphatic rings. The van der Waals surface area contributed by atoms with Crippen LogP contribution in [0.5, 0.6) is 0 Å². The lowest BCUT2D eigenvalue weighted by Gasteiger charge is -2.31. The Kier molecular flexibility index (Phi) is 7.17. The summed E-state index contributed by atoms with van der Waals surface area (Å²) in [7, 11) is 0. The Morgan fingerprint density at radius 2 is 1.82 bits per heavy atom. The molecule has 0 aromatic carbocycles. The van der Waals surface area contributed by atoms with E-state index in [1.54, 1.807) is 0 Å². The minimum absolute atomic E-state index is 0.190. The van der Waals surface area contributed by atoms with Crippen molar-refractivity contribution in [2.75, 3.05) is 0 Å². The molecule has 1 atom stereocenters. The third-order valence-corrected chi connectivity index (χ3v) is 3.57. The van der Waals surface area contributed by atoms with Crippen LogP contribution in [0.15, 0.2) is 12.7 Å². The largest absolute Gasteiger partial charge is 0.353 e. The maximum Gasteiger partial charge on any atom is 0.226 e. The molecule has 0 saturated heterocycles. The molecule has 0 fully saturated rings. The van der Waals surface area contributed by atoms with Gasteiger partial charge in [0.2, 0.25) is 5.91 Å². The molecule has 0 aliphatic carbocycles. The molecule has 17 heavy (non-hydrogen) atoms. The van der Waals surface area contributed by atoms with E-state index >= 15 is 0 Å². The lowest BCUT2D eigenvalue weighted by atomic mass is 9.78. The molecule has 0 bridgehead atoms. The molecule has 0 radical (unpaired) electrons. The van der Waals surface area contributed by atoms with E-state index in [2.05, 4.69) is 46.5 Å². The standard InChI is InChI=1S/C15H29NO/c1-7-10-15(8-2,9-3)14(17)16-13(6)11-12(4)5/h7,12-13H,1,8-11H2,2-6H3,(H,16,17). The molecule has 0 aliphatic heterocycles. The van der Waals surface area contributed by atoms with E-state index in [1.807, 2.05) is 6.08 Å². The van der Waals surface area contributed by atoms with Gasteiger partial charge >= 0.3 is 0 Å². The maximum atomic E-state index is 12.4. The van der Waals surface area contributed by atoms with Gasteiger partial charge in [-0.2, -0.15) is 0 Å². The van der Waals surface area contributed by atoms with Gasteiger partial charge in [-0.15, -0.1) is 6.58 Å². The molecule has 1 amide bonds. The van der Waals surface area contributed by atoms with Crippen LogP contribution in [0.25, 0.3) is 0 Å². The van der Waals surface area contributed by atoms with Crippen molar-refractivity contribution in [1.29, 1.82) is 0 Å². The van der Waals surface area contributed by atoms with Gasteiger partial charge in [0.1, 0.15) is 0 Å². The number of hydrogen-bond acceptors (Lipinski definition) is 1. The predicted molar refractivity (Wildman–Crippen MR) is 74.9 cm³/mol. The van der Waals surface area contributed by atoms with Crippen molar-refractivity contribution >= 4 is 5.91 Å². The number of nitrogens with one attached hydrogen (secondary N) is 1. The Morgan fingerprint density at radius 1 is 1.29 bits per heavy atom. The predicted octanol–water partition coefficient (Wildman–Crippen LogP) is 3.92. The molecule has 0 saturated carbocycles. The average molecular weight is 239 g/mol. The van der Waals surface area contributed by atoms with Crippen LogP contribution >= 0.6 is 0 Å². The summed E-state index contributed by atoms with van der Waals surface area (Å²) < 4.78 is 0. The second-order valence-electron chi connectivity index (χ2n) is 5.48. The topological polar surface area (TPSA) is 29.1 Å². The van der Waals surface area contributed by atoms with Crippen LogP contribution in [0.4, 0.5) is 0 Å². The second-order valence-corrected chi connectivity index (χ2v) is 5.48. The normalized spacial score (nSPS) is 13.5. The summed E-state index contributed by atoms with van der Waals surface area (Å²) in [5.74, 6) is 0.804. The molecule has 0 spiro atoms. The lowest BCUT2D eigenvalue weighted by molar-refractivity contribution is -0.132. The van der Waals surface area contributed by atoms with Crippen LogP contribution in [0.2, 0.25) is 0 Å². The van der Waals surface area contributed by atoms with Gasteiger partial charge in [-0.1, -0.05) is 33.8 Å². The van der Waals surface area contributed by atoms with Crippen LogP contribution < -0.4 is 5.32 Å². The number of carbonyl (C=O) groups is 1. The molecule has 0 aromatic heterocycles. The highest BCUT2D eigenvalue weighted by molar-refractivity contribution is 5.83. The molecule has 0 heterocycles. The van der Waals surface area contributed by atoms with Crippen molar-refractivity contribution in [1.82, 2.24) is 5.32 Å². The molecular weight excluding hydrogens is 210 g/mol. The van der Waals surface area contributed by atoms with Crippen molar-refractivity contribution in [2.45, 2.75) is 66.3 Å². The van der Waals surface area contributed by atoms with Crippen molar-refractivity contribution in [3.63, 3.8) is 0 Å². The minimum Gasteiger partial charge on any atom is -0.353 e. The highest BCUT2D eigenvalue weighted by atomic mass is 16.2. The summed E-state index contributed by atoms with van der Waals surface area (Å²) in [6.07, 6.45) is 5.40. The van der Waals surface area contributed by atoms with Gasteiger partial charge in [0, 0.05) is 6.04 Å². The van der Waals surface area contributed by atoms with Crippen LogP contribution in [0.3, 0.4) is 0 Å². The number of amides is 1. The van der Waals surface area contributed by atoms with Gasteiger partial charge in [-0.05, 0) is 38.5 Å². The molecule has 100 valence electrons. The van der Waals surface area contributed by atoms with E-state index in [-0.39, 0.29) is 17.4 Å². The highest BCUT2D eigenvalue weighted by Crippen LogP contribution is 2.31. The van der Waals surface area contributed by atoms with E-state index in [0.717, 1.165) is 25.7 Å². The van der Waals surface area contributed by atoms with E-state index in [4.69, 9.17) is 0 Å². The lowest BCUT2D eigenvalue weighted by Crippen LogP contribution is -2.44. The molecule has 2 nitrogen and oxygen atoms in total. The van der Waals surface area contributed by atoms with Gasteiger partial charge < -0.3 is 5.32 Å². The van der Waals surface area contributed by atoms with Gasteiger partial charge in [-0.3, -0.25) is 4.79 Å². The van der Waals surface area contributed by atoms with E-state index < -0.39 is 0 Å². The summed E-state index contributed by atoms with van der Waals surface area (Å²) in [5.41, 5.74) is -0.257. The fourth-order valence-corrected chi connectivity index (χ4v) is 2.37. The Bertz CT molecular complexity index is 241. The van der Waals surface area contributed by atoms with Crippen LogP contribution in [0, 0.1) is 11.3 Å². The third-order valence-electron chi connectivity index (χ3n) is 3.57. The number of hydrogen-bond donors (Lipinski definition) is 1. The highest BCUT2D eigenvalue weighted by Gasteiger charge is 2.33. The van der Waals surface area contributed by atoms with Gasteiger partial charge in [0.25, 0.3) is 0 Å². The zero-order chi connectivity index (χ0) is 13.5. The summed E-state index contributed by atoms with van der Waals surface area (Å²) in [6.45, 7) is 14.4. The Labute approximate surface area is 107 Å². The average Bonchev–Trinajstić information content (AvgIpc) is 2.24. The van der Waals surface area contributed by atoms with Crippen LogP contribution in [-0.4, -0.2) is 11.9 Å². The third kappa shape index (κ3) is 4.93. The number of allylic oxidation sites excluding steroid dienone is 1. The molecule has 0 rings (SSSR count). The molecule has 0 aromatic rings. The summed E-state index contributed by atoms with van der Waals surface area (Å²) >= 11 is 0. The SMILES string of the molecule is C=CCC(CC)(CC)C(=O)NC(C)CC(C)C. The van der Waals surface area contributed by atoms with E-state index in [1.165, 1.54) is 0 Å². The van der Waals surface area contributed by atoms with Crippen LogP contribution in [0.1, 0.15) is 60.3 Å². The number of rotatable bonds is 8. The molecule has 2 heteroatoms. The van der Waals surface area contributed by atoms with E-state index in [0.29, 0.717) is 5.92 Å². The van der Waals surface area contributed by atoms with Crippen molar-refractivity contribution in [2.24, 2.45) is 11.3 Å². The Balaban J connectivity index is 4.57. The molecular formula is C15H29NO. The van der Waals surface area contributed by atoms with Crippen molar-refractivity contribution < 1.29 is 4.79 Å². The minimum atomic E-state index is -0.257. The van der Waals surface area contributed by atoms with Gasteiger partial charge in [0.05, 0.1) is 5.41 Å². The van der Waals surface area contributed by atoms with Crippen molar-refractivity contribution in [3.8, 4) is 0 Å². The van der Waals surface area contributed by atoms with Crippen molar-refractivity contribution in [3.05, 3.63) is 12.7 Å². The van der Waals surface area contributed by atoms with Gasteiger partial charge in [0.15, 0.2) is 0 Å². The zero-order valence-electron chi connectivity index (χ0n) is 12.2. The fourth-order valence-electron chi connectivity index (χ4n) is 2.37. The molecule has 1 N–H and O–H groups in total. The Hall–Kier alpha value is -0.790. The first-order chi connectivity index (χ1) is 7.91. The monoisotopic (exact) mass is 239 g/mol. The Morgan fingerprint density at radius 3 is 2.18 bits per heavy atom.